The van der Waals surface area contributed by atoms with E-state index in [1.807, 2.05) is 0 Å². The van der Waals surface area contributed by atoms with Crippen LogP contribution in [0.25, 0.3) is 0 Å². The Kier molecular flexibility index (Phi) is 3.07. The highest BCUT2D eigenvalue weighted by molar-refractivity contribution is 5.50. The number of halogens is 4. The van der Waals surface area contributed by atoms with Gasteiger partial charge in [-0.25, -0.2) is 4.39 Å². The Labute approximate surface area is 113 Å². The lowest BCUT2D eigenvalue weighted by Gasteiger charge is -2.47. The molecular formula is C13H15F4NO2. The van der Waals surface area contributed by atoms with Crippen molar-refractivity contribution in [2.75, 3.05) is 0 Å². The smallest absolute Gasteiger partial charge is 0.419 e. The molecule has 3 nitrogen and oxygen atoms in total. The molecule has 0 saturated heterocycles. The lowest BCUT2D eigenvalue weighted by atomic mass is 9.63. The molecule has 4 N–H and O–H groups in total. The van der Waals surface area contributed by atoms with Crippen LogP contribution in [-0.4, -0.2) is 22.0 Å². The Balaban J connectivity index is 2.73. The Morgan fingerprint density at radius 3 is 2.35 bits per heavy atom. The van der Waals surface area contributed by atoms with E-state index in [9.17, 15) is 27.8 Å². The van der Waals surface area contributed by atoms with Crippen molar-refractivity contribution < 1.29 is 27.8 Å². The number of alkyl halides is 3. The number of phenols is 1. The fourth-order valence-corrected chi connectivity index (χ4v) is 2.96. The molecule has 2 atom stereocenters. The van der Waals surface area contributed by atoms with Gasteiger partial charge in [0, 0.05) is 5.56 Å². The molecule has 0 spiro atoms. The molecule has 2 unspecified atom stereocenters. The maximum atomic E-state index is 13.4. The number of rotatable bonds is 0. The Morgan fingerprint density at radius 2 is 1.85 bits per heavy atom. The first-order valence-electron chi connectivity index (χ1n) is 5.98. The Bertz CT molecular complexity index is 556. The highest BCUT2D eigenvalue weighted by Gasteiger charge is 2.63. The van der Waals surface area contributed by atoms with Gasteiger partial charge in [-0.15, -0.1) is 0 Å². The molecule has 0 heterocycles. The maximum Gasteiger partial charge on any atom is 0.419 e. The van der Waals surface area contributed by atoms with E-state index in [0.29, 0.717) is 0 Å². The van der Waals surface area contributed by atoms with Gasteiger partial charge in [-0.2, -0.15) is 13.2 Å². The topological polar surface area (TPSA) is 66.5 Å². The van der Waals surface area contributed by atoms with Crippen molar-refractivity contribution in [1.82, 2.24) is 0 Å². The first kappa shape index (κ1) is 15.1. The van der Waals surface area contributed by atoms with Crippen LogP contribution in [0.4, 0.5) is 17.6 Å². The van der Waals surface area contributed by atoms with Gasteiger partial charge < -0.3 is 15.9 Å². The molecule has 0 aliphatic heterocycles. The monoisotopic (exact) mass is 293 g/mol. The standard InChI is InChI=1S/C13H15F4NO2/c1-11(2)5-12(20,13(15,16)17)10(18)6-3-4-7(14)9(19)8(6)11/h3-4,10,19-20H,5,18H2,1-2H3. The Hall–Kier alpha value is -1.34. The van der Waals surface area contributed by atoms with Crippen LogP contribution < -0.4 is 5.73 Å². The van der Waals surface area contributed by atoms with Gasteiger partial charge in [0.1, 0.15) is 0 Å². The van der Waals surface area contributed by atoms with Gasteiger partial charge >= 0.3 is 6.18 Å². The van der Waals surface area contributed by atoms with Gasteiger partial charge in [0.05, 0.1) is 6.04 Å². The summed E-state index contributed by atoms with van der Waals surface area (Å²) in [5, 5.41) is 19.8. The first-order chi connectivity index (χ1) is 8.92. The molecule has 0 saturated carbocycles. The third-order valence-electron chi connectivity index (χ3n) is 3.89. The highest BCUT2D eigenvalue weighted by atomic mass is 19.4. The number of phenolic OH excluding ortho intramolecular Hbond substituents is 1. The third kappa shape index (κ3) is 1.88. The van der Waals surface area contributed by atoms with E-state index >= 15 is 0 Å². The van der Waals surface area contributed by atoms with Crippen LogP contribution in [0.1, 0.15) is 37.4 Å². The molecule has 0 bridgehead atoms. The molecule has 0 fully saturated rings. The molecule has 112 valence electrons. The number of aliphatic hydroxyl groups is 1. The molecular weight excluding hydrogens is 278 g/mol. The molecule has 0 amide bonds. The summed E-state index contributed by atoms with van der Waals surface area (Å²) in [6.07, 6.45) is -5.68. The second-order valence-electron chi connectivity index (χ2n) is 5.82. The van der Waals surface area contributed by atoms with Crippen LogP contribution in [-0.2, 0) is 5.41 Å². The number of hydrogen-bond donors (Lipinski definition) is 3. The SMILES string of the molecule is CC1(C)CC(O)(C(F)(F)F)C(N)c2ccc(F)c(O)c21. The average Bonchev–Trinajstić information content (AvgIpc) is 2.27. The van der Waals surface area contributed by atoms with Gasteiger partial charge in [0.15, 0.2) is 17.2 Å². The molecule has 1 aliphatic rings. The van der Waals surface area contributed by atoms with Crippen molar-refractivity contribution in [3.63, 3.8) is 0 Å². The predicted octanol–water partition coefficient (Wildman–Crippen LogP) is 2.51. The lowest BCUT2D eigenvalue weighted by Crippen LogP contribution is -2.59. The van der Waals surface area contributed by atoms with Crippen molar-refractivity contribution in [1.29, 1.82) is 0 Å². The summed E-state index contributed by atoms with van der Waals surface area (Å²) in [7, 11) is 0. The van der Waals surface area contributed by atoms with Crippen molar-refractivity contribution in [2.24, 2.45) is 5.73 Å². The van der Waals surface area contributed by atoms with E-state index in [2.05, 4.69) is 0 Å². The summed E-state index contributed by atoms with van der Waals surface area (Å²) in [5.41, 5.74) is 1.07. The van der Waals surface area contributed by atoms with Crippen molar-refractivity contribution in [3.05, 3.63) is 29.1 Å². The second kappa shape index (κ2) is 4.08. The van der Waals surface area contributed by atoms with E-state index in [4.69, 9.17) is 5.73 Å². The minimum absolute atomic E-state index is 0.0129. The van der Waals surface area contributed by atoms with Crippen molar-refractivity contribution in [3.8, 4) is 5.75 Å². The summed E-state index contributed by atoms with van der Waals surface area (Å²) in [6, 6.07) is 0.135. The third-order valence-corrected chi connectivity index (χ3v) is 3.89. The van der Waals surface area contributed by atoms with Gasteiger partial charge in [-0.3, -0.25) is 0 Å². The number of fused-ring (bicyclic) bond motifs is 1. The summed E-state index contributed by atoms with van der Waals surface area (Å²) >= 11 is 0. The fourth-order valence-electron chi connectivity index (χ4n) is 2.96. The van der Waals surface area contributed by atoms with Crippen LogP contribution in [0.15, 0.2) is 12.1 Å². The van der Waals surface area contributed by atoms with E-state index in [0.717, 1.165) is 12.1 Å². The van der Waals surface area contributed by atoms with Gasteiger partial charge in [0.2, 0.25) is 0 Å². The molecule has 1 aliphatic carbocycles. The van der Waals surface area contributed by atoms with Crippen molar-refractivity contribution >= 4 is 0 Å². The van der Waals surface area contributed by atoms with Crippen LogP contribution in [0.2, 0.25) is 0 Å². The van der Waals surface area contributed by atoms with Crippen molar-refractivity contribution in [2.45, 2.75) is 43.5 Å². The summed E-state index contributed by atoms with van der Waals surface area (Å²) < 4.78 is 52.8. The zero-order chi connectivity index (χ0) is 15.5. The lowest BCUT2D eigenvalue weighted by molar-refractivity contribution is -0.278. The molecule has 0 aromatic heterocycles. The number of benzene rings is 1. The zero-order valence-corrected chi connectivity index (χ0v) is 10.9. The fraction of sp³-hybridized carbons (Fsp3) is 0.538. The van der Waals surface area contributed by atoms with Gasteiger partial charge in [0.25, 0.3) is 0 Å². The average molecular weight is 293 g/mol. The van der Waals surface area contributed by atoms with E-state index < -0.39 is 41.2 Å². The largest absolute Gasteiger partial charge is 0.505 e. The minimum atomic E-state index is -4.93. The molecule has 7 heteroatoms. The van der Waals surface area contributed by atoms with E-state index in [1.54, 1.807) is 0 Å². The van der Waals surface area contributed by atoms with Gasteiger partial charge in [-0.1, -0.05) is 19.9 Å². The van der Waals surface area contributed by atoms with Crippen LogP contribution in [0, 0.1) is 5.82 Å². The number of hydrogen-bond acceptors (Lipinski definition) is 3. The second-order valence-corrected chi connectivity index (χ2v) is 5.82. The quantitative estimate of drug-likeness (QED) is 0.644. The Morgan fingerprint density at radius 1 is 1.30 bits per heavy atom. The molecule has 0 radical (unpaired) electrons. The number of nitrogens with two attached hydrogens (primary N) is 1. The predicted molar refractivity (Wildman–Crippen MR) is 63.6 cm³/mol. The highest BCUT2D eigenvalue weighted by Crippen LogP contribution is 2.54. The van der Waals surface area contributed by atoms with E-state index in [-0.39, 0.29) is 11.1 Å². The van der Waals surface area contributed by atoms with Crippen LogP contribution >= 0.6 is 0 Å². The first-order valence-corrected chi connectivity index (χ1v) is 5.98. The molecule has 1 aromatic carbocycles. The minimum Gasteiger partial charge on any atom is -0.505 e. The summed E-state index contributed by atoms with van der Waals surface area (Å²) in [6.45, 7) is 2.79. The molecule has 2 rings (SSSR count). The summed E-state index contributed by atoms with van der Waals surface area (Å²) in [4.78, 5) is 0. The molecule has 20 heavy (non-hydrogen) atoms. The van der Waals surface area contributed by atoms with E-state index in [1.165, 1.54) is 13.8 Å². The van der Waals surface area contributed by atoms with Gasteiger partial charge in [-0.05, 0) is 23.5 Å². The zero-order valence-electron chi connectivity index (χ0n) is 10.9. The van der Waals surface area contributed by atoms with Crippen LogP contribution in [0.5, 0.6) is 5.75 Å². The maximum absolute atomic E-state index is 13.4. The van der Waals surface area contributed by atoms with Crippen LogP contribution in [0.3, 0.4) is 0 Å². The summed E-state index contributed by atoms with van der Waals surface area (Å²) in [5.74, 6) is -1.64. The molecule has 1 aromatic rings. The number of aromatic hydroxyl groups is 1. The normalized spacial score (nSPS) is 29.1.